The molecule has 4 heteroatoms. The van der Waals surface area contributed by atoms with Gasteiger partial charge in [-0.05, 0) is 42.3 Å². The molecule has 0 aromatic heterocycles. The van der Waals surface area contributed by atoms with Gasteiger partial charge in [0.1, 0.15) is 17.6 Å². The van der Waals surface area contributed by atoms with Gasteiger partial charge in [0.15, 0.2) is 6.61 Å². The van der Waals surface area contributed by atoms with Gasteiger partial charge >= 0.3 is 0 Å². The Balaban J connectivity index is 1.89. The van der Waals surface area contributed by atoms with Gasteiger partial charge in [-0.15, -0.1) is 0 Å². The zero-order valence-electron chi connectivity index (χ0n) is 11.9. The summed E-state index contributed by atoms with van der Waals surface area (Å²) in [4.78, 5) is 0. The second kappa shape index (κ2) is 7.32. The first kappa shape index (κ1) is 14.9. The van der Waals surface area contributed by atoms with Crippen LogP contribution in [-0.4, -0.2) is 11.7 Å². The lowest BCUT2D eigenvalue weighted by Crippen LogP contribution is -2.17. The van der Waals surface area contributed by atoms with Crippen molar-refractivity contribution in [2.75, 3.05) is 6.61 Å². The monoisotopic (exact) mass is 282 g/mol. The van der Waals surface area contributed by atoms with Crippen molar-refractivity contribution in [3.05, 3.63) is 59.7 Å². The van der Waals surface area contributed by atoms with Crippen LogP contribution in [0.15, 0.2) is 48.5 Å². The van der Waals surface area contributed by atoms with Crippen molar-refractivity contribution in [1.29, 1.82) is 5.26 Å². The van der Waals surface area contributed by atoms with E-state index in [1.54, 1.807) is 12.1 Å². The molecule has 21 heavy (non-hydrogen) atoms. The molecule has 0 aliphatic heterocycles. The van der Waals surface area contributed by atoms with Crippen molar-refractivity contribution in [3.8, 4) is 17.6 Å². The molecule has 2 rings (SSSR count). The van der Waals surface area contributed by atoms with Gasteiger partial charge in [0.2, 0.25) is 0 Å². The van der Waals surface area contributed by atoms with E-state index >= 15 is 0 Å². The molecule has 0 aliphatic carbocycles. The fraction of sp³-hybridized carbons (Fsp3) is 0.235. The van der Waals surface area contributed by atoms with Gasteiger partial charge in [-0.2, -0.15) is 5.26 Å². The quantitative estimate of drug-likeness (QED) is 0.854. The Morgan fingerprint density at radius 3 is 2.67 bits per heavy atom. The van der Waals surface area contributed by atoms with E-state index < -0.39 is 0 Å². The van der Waals surface area contributed by atoms with Gasteiger partial charge in [-0.3, -0.25) is 0 Å². The Morgan fingerprint density at radius 2 is 2.00 bits per heavy atom. The van der Waals surface area contributed by atoms with Crippen molar-refractivity contribution < 1.29 is 9.84 Å². The third-order valence-electron chi connectivity index (χ3n) is 3.21. The summed E-state index contributed by atoms with van der Waals surface area (Å²) in [5, 5.41) is 21.3. The lowest BCUT2D eigenvalue weighted by atomic mass is 10.1. The number of hydrogen-bond donors (Lipinski definition) is 2. The Kier molecular flexibility index (Phi) is 5.19. The van der Waals surface area contributed by atoms with Crippen LogP contribution in [0, 0.1) is 11.3 Å². The molecule has 0 spiro atoms. The van der Waals surface area contributed by atoms with E-state index in [1.807, 2.05) is 42.5 Å². The number of phenols is 1. The number of phenolic OH excluding ortho intramolecular Hbond substituents is 1. The number of ether oxygens (including phenoxy) is 1. The topological polar surface area (TPSA) is 65.3 Å². The van der Waals surface area contributed by atoms with Gasteiger partial charge in [-0.25, -0.2) is 0 Å². The molecule has 0 saturated heterocycles. The number of benzene rings is 2. The van der Waals surface area contributed by atoms with Crippen molar-refractivity contribution in [2.45, 2.75) is 19.5 Å². The molecule has 2 N–H and O–H groups in total. The molecule has 0 saturated carbocycles. The summed E-state index contributed by atoms with van der Waals surface area (Å²) < 4.78 is 5.21. The molecule has 2 aromatic carbocycles. The smallest absolute Gasteiger partial charge is 0.174 e. The Morgan fingerprint density at radius 1 is 1.24 bits per heavy atom. The molecule has 0 heterocycles. The van der Waals surface area contributed by atoms with E-state index in [1.165, 1.54) is 0 Å². The van der Waals surface area contributed by atoms with E-state index in [0.717, 1.165) is 17.7 Å². The van der Waals surface area contributed by atoms with Crippen LogP contribution in [-0.2, 0) is 6.54 Å². The fourth-order valence-corrected chi connectivity index (χ4v) is 2.00. The van der Waals surface area contributed by atoms with E-state index in [4.69, 9.17) is 10.00 Å². The van der Waals surface area contributed by atoms with Crippen LogP contribution in [0.5, 0.6) is 11.5 Å². The first-order valence-corrected chi connectivity index (χ1v) is 6.80. The van der Waals surface area contributed by atoms with Gasteiger partial charge < -0.3 is 15.2 Å². The van der Waals surface area contributed by atoms with Gasteiger partial charge in [0.05, 0.1) is 0 Å². The average Bonchev–Trinajstić information content (AvgIpc) is 2.51. The highest BCUT2D eigenvalue weighted by atomic mass is 16.5. The highest BCUT2D eigenvalue weighted by molar-refractivity contribution is 5.30. The predicted octanol–water partition coefficient (Wildman–Crippen LogP) is 3.15. The molecule has 0 fully saturated rings. The summed E-state index contributed by atoms with van der Waals surface area (Å²) in [6.45, 7) is 2.83. The van der Waals surface area contributed by atoms with Crippen LogP contribution in [0.2, 0.25) is 0 Å². The maximum absolute atomic E-state index is 9.48. The Hall–Kier alpha value is -2.51. The van der Waals surface area contributed by atoms with Gasteiger partial charge in [-0.1, -0.05) is 24.3 Å². The summed E-state index contributed by atoms with van der Waals surface area (Å²) in [5.74, 6) is 0.974. The van der Waals surface area contributed by atoms with Gasteiger partial charge in [0, 0.05) is 12.6 Å². The van der Waals surface area contributed by atoms with Crippen LogP contribution >= 0.6 is 0 Å². The summed E-state index contributed by atoms with van der Waals surface area (Å²) >= 11 is 0. The standard InChI is InChI=1S/C17H18N2O2/c1-13(15-3-2-4-16(20)11-15)19-12-14-5-7-17(8-6-14)21-10-9-18/h2-8,11,13,19-20H,10,12H2,1H3. The maximum Gasteiger partial charge on any atom is 0.174 e. The second-order valence-corrected chi connectivity index (χ2v) is 4.79. The first-order valence-electron chi connectivity index (χ1n) is 6.80. The van der Waals surface area contributed by atoms with Crippen LogP contribution in [0.1, 0.15) is 24.1 Å². The minimum absolute atomic E-state index is 0.0616. The lowest BCUT2D eigenvalue weighted by molar-refractivity contribution is 0.368. The number of aromatic hydroxyl groups is 1. The molecule has 4 nitrogen and oxygen atoms in total. The Labute approximate surface area is 124 Å². The zero-order valence-corrected chi connectivity index (χ0v) is 11.9. The van der Waals surface area contributed by atoms with Crippen molar-refractivity contribution in [3.63, 3.8) is 0 Å². The molecule has 1 atom stereocenters. The van der Waals surface area contributed by atoms with E-state index in [9.17, 15) is 5.11 Å². The number of rotatable bonds is 6. The predicted molar refractivity (Wildman–Crippen MR) is 80.9 cm³/mol. The number of nitrogens with zero attached hydrogens (tertiary/aromatic N) is 1. The van der Waals surface area contributed by atoms with Crippen molar-refractivity contribution in [1.82, 2.24) is 5.32 Å². The van der Waals surface area contributed by atoms with Gasteiger partial charge in [0.25, 0.3) is 0 Å². The van der Waals surface area contributed by atoms with Crippen molar-refractivity contribution >= 4 is 0 Å². The summed E-state index contributed by atoms with van der Waals surface area (Å²) in [5.41, 5.74) is 2.18. The normalized spacial score (nSPS) is 11.6. The van der Waals surface area contributed by atoms with E-state index in [2.05, 4.69) is 12.2 Å². The third kappa shape index (κ3) is 4.51. The first-order chi connectivity index (χ1) is 10.2. The molecule has 108 valence electrons. The molecule has 0 bridgehead atoms. The molecule has 2 aromatic rings. The summed E-state index contributed by atoms with van der Waals surface area (Å²) in [7, 11) is 0. The molecule has 0 aliphatic rings. The number of nitrogens with one attached hydrogen (secondary N) is 1. The molecule has 0 amide bonds. The van der Waals surface area contributed by atoms with Crippen molar-refractivity contribution in [2.24, 2.45) is 0 Å². The van der Waals surface area contributed by atoms with Crippen LogP contribution < -0.4 is 10.1 Å². The summed E-state index contributed by atoms with van der Waals surface area (Å²) in [6, 6.07) is 17.0. The second-order valence-electron chi connectivity index (χ2n) is 4.79. The Bertz CT molecular complexity index is 617. The highest BCUT2D eigenvalue weighted by Gasteiger charge is 2.05. The number of hydrogen-bond acceptors (Lipinski definition) is 4. The van der Waals surface area contributed by atoms with E-state index in [-0.39, 0.29) is 18.4 Å². The molecule has 0 radical (unpaired) electrons. The lowest BCUT2D eigenvalue weighted by Gasteiger charge is -2.14. The van der Waals surface area contributed by atoms with Crippen LogP contribution in [0.25, 0.3) is 0 Å². The summed E-state index contributed by atoms with van der Waals surface area (Å²) in [6.07, 6.45) is 0. The zero-order chi connectivity index (χ0) is 15.1. The fourth-order valence-electron chi connectivity index (χ4n) is 2.00. The number of nitriles is 1. The minimum Gasteiger partial charge on any atom is -0.508 e. The molecular weight excluding hydrogens is 264 g/mol. The molecular formula is C17H18N2O2. The molecule has 1 unspecified atom stereocenters. The largest absolute Gasteiger partial charge is 0.508 e. The SMILES string of the molecule is CC(NCc1ccc(OCC#N)cc1)c1cccc(O)c1. The average molecular weight is 282 g/mol. The maximum atomic E-state index is 9.48. The highest BCUT2D eigenvalue weighted by Crippen LogP contribution is 2.18. The van der Waals surface area contributed by atoms with Crippen LogP contribution in [0.3, 0.4) is 0 Å². The van der Waals surface area contributed by atoms with E-state index in [0.29, 0.717) is 5.75 Å². The third-order valence-corrected chi connectivity index (χ3v) is 3.21. The van der Waals surface area contributed by atoms with Crippen LogP contribution in [0.4, 0.5) is 0 Å². The minimum atomic E-state index is 0.0616.